The Morgan fingerprint density at radius 2 is 1.48 bits per heavy atom. The zero-order valence-corrected chi connectivity index (χ0v) is 14.9. The molecular weight excluding hydrogens is 374 g/mol. The smallest absolute Gasteiger partial charge is 0.343 e. The zero-order valence-electron chi connectivity index (χ0n) is 14.9. The van der Waals surface area contributed by atoms with E-state index >= 15 is 0 Å². The molecule has 3 aromatic rings. The van der Waals surface area contributed by atoms with E-state index in [0.29, 0.717) is 5.75 Å². The van der Waals surface area contributed by atoms with Crippen molar-refractivity contribution in [3.05, 3.63) is 95.1 Å². The molecule has 1 N–H and O–H groups in total. The number of imide groups is 1. The van der Waals surface area contributed by atoms with Crippen LogP contribution in [0.5, 0.6) is 5.75 Å². The van der Waals surface area contributed by atoms with Crippen LogP contribution >= 0.6 is 0 Å². The molecule has 1 heterocycles. The summed E-state index contributed by atoms with van der Waals surface area (Å²) in [6.07, 6.45) is 0. The Bertz CT molecular complexity index is 1170. The van der Waals surface area contributed by atoms with Crippen LogP contribution < -0.4 is 9.64 Å². The second-order valence-electron chi connectivity index (χ2n) is 6.26. The van der Waals surface area contributed by atoms with Gasteiger partial charge in [-0.05, 0) is 48.5 Å². The Balaban J connectivity index is 1.65. The van der Waals surface area contributed by atoms with Gasteiger partial charge in [-0.3, -0.25) is 9.59 Å². The SMILES string of the molecule is O=C(O)c1cccc(N2C(=O)c3ccc(C(=O)Oc4ccccc4)cc3C2=O)c1. The second kappa shape index (κ2) is 7.05. The van der Waals surface area contributed by atoms with Gasteiger partial charge in [0.05, 0.1) is 27.9 Å². The number of nitrogens with zero attached hydrogens (tertiary/aromatic N) is 1. The van der Waals surface area contributed by atoms with E-state index < -0.39 is 23.8 Å². The lowest BCUT2D eigenvalue weighted by molar-refractivity contribution is 0.0693. The molecule has 4 rings (SSSR count). The number of carbonyl (C=O) groups excluding carboxylic acids is 3. The van der Waals surface area contributed by atoms with Crippen molar-refractivity contribution in [3.8, 4) is 5.75 Å². The van der Waals surface area contributed by atoms with Crippen molar-refractivity contribution in [3.63, 3.8) is 0 Å². The lowest BCUT2D eigenvalue weighted by Crippen LogP contribution is -2.29. The fraction of sp³-hybridized carbons (Fsp3) is 0. The number of benzene rings is 3. The van der Waals surface area contributed by atoms with Crippen LogP contribution in [0.1, 0.15) is 41.4 Å². The Hall–Kier alpha value is -4.26. The van der Waals surface area contributed by atoms with Crippen molar-refractivity contribution in [2.75, 3.05) is 4.90 Å². The van der Waals surface area contributed by atoms with Gasteiger partial charge in [-0.25, -0.2) is 14.5 Å². The van der Waals surface area contributed by atoms with Crippen LogP contribution in [-0.4, -0.2) is 28.9 Å². The molecule has 0 bridgehead atoms. The van der Waals surface area contributed by atoms with E-state index in [-0.39, 0.29) is 27.9 Å². The van der Waals surface area contributed by atoms with Crippen LogP contribution in [0.2, 0.25) is 0 Å². The average Bonchev–Trinajstić information content (AvgIpc) is 2.98. The van der Waals surface area contributed by atoms with Gasteiger partial charge in [0.25, 0.3) is 11.8 Å². The van der Waals surface area contributed by atoms with E-state index in [0.717, 1.165) is 4.90 Å². The van der Waals surface area contributed by atoms with Crippen molar-refractivity contribution in [1.82, 2.24) is 0 Å². The number of ether oxygens (including phenoxy) is 1. The van der Waals surface area contributed by atoms with Crippen LogP contribution in [0, 0.1) is 0 Å². The van der Waals surface area contributed by atoms with Gasteiger partial charge in [-0.2, -0.15) is 0 Å². The van der Waals surface area contributed by atoms with Crippen molar-refractivity contribution in [2.45, 2.75) is 0 Å². The van der Waals surface area contributed by atoms with Crippen molar-refractivity contribution in [1.29, 1.82) is 0 Å². The molecule has 142 valence electrons. The first kappa shape index (κ1) is 18.1. The third kappa shape index (κ3) is 3.25. The van der Waals surface area contributed by atoms with Crippen LogP contribution in [0.3, 0.4) is 0 Å². The number of fused-ring (bicyclic) bond motifs is 1. The number of esters is 1. The molecule has 0 aromatic heterocycles. The van der Waals surface area contributed by atoms with E-state index in [1.807, 2.05) is 0 Å². The number of hydrogen-bond acceptors (Lipinski definition) is 5. The molecule has 7 heteroatoms. The van der Waals surface area contributed by atoms with E-state index in [2.05, 4.69) is 0 Å². The monoisotopic (exact) mass is 387 g/mol. The molecule has 1 aliphatic rings. The molecule has 7 nitrogen and oxygen atoms in total. The maximum Gasteiger partial charge on any atom is 0.343 e. The predicted molar refractivity (Wildman–Crippen MR) is 102 cm³/mol. The number of carbonyl (C=O) groups is 4. The third-order valence-electron chi connectivity index (χ3n) is 4.43. The number of para-hydroxylation sites is 1. The summed E-state index contributed by atoms with van der Waals surface area (Å²) >= 11 is 0. The fourth-order valence-electron chi connectivity index (χ4n) is 3.03. The molecule has 1 aliphatic heterocycles. The zero-order chi connectivity index (χ0) is 20.5. The molecule has 0 fully saturated rings. The number of anilines is 1. The van der Waals surface area contributed by atoms with Gasteiger partial charge in [0.15, 0.2) is 0 Å². The lowest BCUT2D eigenvalue weighted by Gasteiger charge is -2.14. The molecular formula is C22H13NO6. The van der Waals surface area contributed by atoms with E-state index in [1.165, 1.54) is 42.5 Å². The number of rotatable bonds is 4. The highest BCUT2D eigenvalue weighted by atomic mass is 16.5. The molecule has 29 heavy (non-hydrogen) atoms. The summed E-state index contributed by atoms with van der Waals surface area (Å²) < 4.78 is 5.26. The number of carboxylic acid groups (broad SMARTS) is 1. The summed E-state index contributed by atoms with van der Waals surface area (Å²) in [7, 11) is 0. The first-order valence-corrected chi connectivity index (χ1v) is 8.59. The minimum atomic E-state index is -1.17. The van der Waals surface area contributed by atoms with E-state index in [9.17, 15) is 19.2 Å². The Morgan fingerprint density at radius 3 is 2.21 bits per heavy atom. The van der Waals surface area contributed by atoms with Crippen LogP contribution in [0.4, 0.5) is 5.69 Å². The molecule has 2 amide bonds. The van der Waals surface area contributed by atoms with Crippen molar-refractivity contribution >= 4 is 29.4 Å². The average molecular weight is 387 g/mol. The molecule has 0 unspecified atom stereocenters. The van der Waals surface area contributed by atoms with E-state index in [1.54, 1.807) is 30.3 Å². The molecule has 0 saturated carbocycles. The third-order valence-corrected chi connectivity index (χ3v) is 4.43. The minimum absolute atomic E-state index is 0.0498. The van der Waals surface area contributed by atoms with Crippen LogP contribution in [0.15, 0.2) is 72.8 Å². The molecule has 0 spiro atoms. The largest absolute Gasteiger partial charge is 0.478 e. The van der Waals surface area contributed by atoms with Gasteiger partial charge >= 0.3 is 11.9 Å². The molecule has 0 atom stereocenters. The number of carboxylic acids is 1. The summed E-state index contributed by atoms with van der Waals surface area (Å²) in [5.41, 5.74) is 0.399. The Morgan fingerprint density at radius 1 is 0.759 bits per heavy atom. The highest BCUT2D eigenvalue weighted by molar-refractivity contribution is 6.34. The number of amides is 2. The topological polar surface area (TPSA) is 101 Å². The van der Waals surface area contributed by atoms with Gasteiger partial charge < -0.3 is 9.84 Å². The molecule has 0 saturated heterocycles. The van der Waals surface area contributed by atoms with Gasteiger partial charge in [-0.1, -0.05) is 24.3 Å². The normalized spacial score (nSPS) is 12.6. The second-order valence-corrected chi connectivity index (χ2v) is 6.26. The summed E-state index contributed by atoms with van der Waals surface area (Å²) in [5.74, 6) is -2.70. The van der Waals surface area contributed by atoms with Gasteiger partial charge in [-0.15, -0.1) is 0 Å². The Kier molecular flexibility index (Phi) is 4.40. The van der Waals surface area contributed by atoms with Crippen LogP contribution in [-0.2, 0) is 0 Å². The highest BCUT2D eigenvalue weighted by Crippen LogP contribution is 2.30. The summed E-state index contributed by atoms with van der Waals surface area (Å²) in [6, 6.07) is 18.1. The summed E-state index contributed by atoms with van der Waals surface area (Å²) in [6.45, 7) is 0. The standard InChI is InChI=1S/C22H13NO6/c24-19-17-10-9-14(22(28)29-16-7-2-1-3-8-16)12-18(17)20(25)23(19)15-6-4-5-13(11-15)21(26)27/h1-12H,(H,26,27). The van der Waals surface area contributed by atoms with E-state index in [4.69, 9.17) is 9.84 Å². The maximum absolute atomic E-state index is 12.8. The van der Waals surface area contributed by atoms with Gasteiger partial charge in [0.2, 0.25) is 0 Å². The molecule has 3 aromatic carbocycles. The highest BCUT2D eigenvalue weighted by Gasteiger charge is 2.37. The number of aromatic carboxylic acids is 1. The Labute approximate surface area is 164 Å². The summed E-state index contributed by atoms with van der Waals surface area (Å²) in [4.78, 5) is 50.0. The predicted octanol–water partition coefficient (Wildman–Crippen LogP) is 3.40. The van der Waals surface area contributed by atoms with Gasteiger partial charge in [0, 0.05) is 0 Å². The molecule has 0 radical (unpaired) electrons. The quantitative estimate of drug-likeness (QED) is 0.418. The lowest BCUT2D eigenvalue weighted by atomic mass is 10.1. The van der Waals surface area contributed by atoms with Crippen molar-refractivity contribution < 1.29 is 29.0 Å². The number of hydrogen-bond donors (Lipinski definition) is 1. The fourth-order valence-corrected chi connectivity index (χ4v) is 3.03. The van der Waals surface area contributed by atoms with Gasteiger partial charge in [0.1, 0.15) is 5.75 Å². The summed E-state index contributed by atoms with van der Waals surface area (Å²) in [5, 5.41) is 9.14. The minimum Gasteiger partial charge on any atom is -0.478 e. The van der Waals surface area contributed by atoms with Crippen LogP contribution in [0.25, 0.3) is 0 Å². The van der Waals surface area contributed by atoms with Crippen molar-refractivity contribution in [2.24, 2.45) is 0 Å². The maximum atomic E-state index is 12.8. The molecule has 0 aliphatic carbocycles. The first-order valence-electron chi connectivity index (χ1n) is 8.59. The first-order chi connectivity index (χ1) is 14.0.